The van der Waals surface area contributed by atoms with Crippen molar-refractivity contribution in [2.75, 3.05) is 20.7 Å². The predicted octanol–water partition coefficient (Wildman–Crippen LogP) is 4.76. The van der Waals surface area contributed by atoms with Crippen LogP contribution in [0, 0.1) is 11.8 Å². The summed E-state index contributed by atoms with van der Waals surface area (Å²) < 4.78 is 15.7. The first-order valence-electron chi connectivity index (χ1n) is 16.6. The van der Waals surface area contributed by atoms with E-state index in [9.17, 15) is 14.4 Å². The number of likely N-dealkylation sites (N-methyl/N-ethyl adjacent to an activating group) is 1. The van der Waals surface area contributed by atoms with Gasteiger partial charge in [-0.2, -0.15) is 0 Å². The van der Waals surface area contributed by atoms with Crippen molar-refractivity contribution >= 4 is 40.0 Å². The van der Waals surface area contributed by atoms with Crippen LogP contribution in [0.3, 0.4) is 0 Å². The fraction of sp³-hybridized carbons (Fsp3) is 0.472. The molecule has 1 aliphatic heterocycles. The third-order valence-electron chi connectivity index (χ3n) is 9.99. The zero-order valence-electron chi connectivity index (χ0n) is 28.4. The SMILES string of the molecule is C=CC(=O)N(C)[C@@H]1C[C@@H]2CN(C(=O)c3cc(OC)c4c(c3)nc(-c3cc5cccnc5n3CC3CC3)n4C)[C@H]1[C@@H]2NC(=O)OC(C)(C)C. The number of carbonyl (C=O) groups is 3. The van der Waals surface area contributed by atoms with Gasteiger partial charge in [0, 0.05) is 50.2 Å². The summed E-state index contributed by atoms with van der Waals surface area (Å²) in [4.78, 5) is 53.2. The molecule has 3 aromatic heterocycles. The highest BCUT2D eigenvalue weighted by molar-refractivity contribution is 6.01. The average Bonchev–Trinajstić information content (AvgIpc) is 3.43. The number of carbonyl (C=O) groups excluding carboxylic acids is 3. The second kappa shape index (κ2) is 11.7. The maximum absolute atomic E-state index is 14.4. The van der Waals surface area contributed by atoms with E-state index in [1.165, 1.54) is 18.9 Å². The van der Waals surface area contributed by atoms with E-state index in [-0.39, 0.29) is 29.8 Å². The molecule has 12 heteroatoms. The molecule has 3 fully saturated rings. The molecule has 4 aromatic rings. The Morgan fingerprint density at radius 2 is 1.96 bits per heavy atom. The van der Waals surface area contributed by atoms with Crippen LogP contribution in [0.25, 0.3) is 33.6 Å². The van der Waals surface area contributed by atoms with Crippen LogP contribution in [0.5, 0.6) is 5.75 Å². The molecule has 0 spiro atoms. The van der Waals surface area contributed by atoms with Crippen molar-refractivity contribution in [3.8, 4) is 17.3 Å². The fourth-order valence-electron chi connectivity index (χ4n) is 7.64. The Hall–Kier alpha value is -4.87. The van der Waals surface area contributed by atoms with Crippen molar-refractivity contribution in [2.45, 2.75) is 70.3 Å². The van der Waals surface area contributed by atoms with Crippen LogP contribution in [-0.2, 0) is 23.1 Å². The Kier molecular flexibility index (Phi) is 7.71. The molecule has 4 atom stereocenters. The van der Waals surface area contributed by atoms with Gasteiger partial charge in [-0.15, -0.1) is 0 Å². The summed E-state index contributed by atoms with van der Waals surface area (Å²) in [5.41, 5.74) is 3.06. The average molecular weight is 654 g/mol. The molecular formula is C36H43N7O5. The Bertz CT molecular complexity index is 1950. The number of ether oxygens (including phenoxy) is 2. The maximum Gasteiger partial charge on any atom is 0.407 e. The van der Waals surface area contributed by atoms with Crippen molar-refractivity contribution < 1.29 is 23.9 Å². The standard InChI is InChI=1S/C36H43N7O5/c1-8-28(44)40(5)25-16-23-19-43(31(25)29(23)39-35(46)48-36(2,3)4)34(45)22-14-24-30(27(17-22)47-7)41(6)33(38-24)26-15-21-10-9-13-37-32(21)42(26)18-20-11-12-20/h8-10,13-15,17,20,23,25,29,31H,1,11-12,16,18-19H2,2-7H3,(H,39,46)/t23-,25-,29-,31-/m1/s1. The minimum atomic E-state index is -0.678. The van der Waals surface area contributed by atoms with E-state index < -0.39 is 17.7 Å². The second-order valence-corrected chi connectivity index (χ2v) is 14.4. The number of imidazole rings is 1. The first kappa shape index (κ1) is 31.7. The second-order valence-electron chi connectivity index (χ2n) is 14.4. The number of rotatable bonds is 8. The highest BCUT2D eigenvalue weighted by Gasteiger charge is 2.56. The molecule has 12 nitrogen and oxygen atoms in total. The summed E-state index contributed by atoms with van der Waals surface area (Å²) in [6, 6.07) is 8.55. The van der Waals surface area contributed by atoms with Gasteiger partial charge in [-0.25, -0.2) is 14.8 Å². The number of benzene rings is 1. The van der Waals surface area contributed by atoms with Crippen molar-refractivity contribution in [1.29, 1.82) is 0 Å². The number of pyridine rings is 1. The number of aromatic nitrogens is 4. The van der Waals surface area contributed by atoms with Gasteiger partial charge in [0.1, 0.15) is 22.5 Å². The molecule has 252 valence electrons. The molecule has 3 aliphatic rings. The number of hydrogen-bond donors (Lipinski definition) is 1. The van der Waals surface area contributed by atoms with Gasteiger partial charge in [0.2, 0.25) is 5.91 Å². The Morgan fingerprint density at radius 1 is 1.19 bits per heavy atom. The summed E-state index contributed by atoms with van der Waals surface area (Å²) >= 11 is 0. The third-order valence-corrected chi connectivity index (χ3v) is 9.99. The van der Waals surface area contributed by atoms with Crippen LogP contribution < -0.4 is 10.1 Å². The van der Waals surface area contributed by atoms with E-state index in [1.807, 2.05) is 29.9 Å². The summed E-state index contributed by atoms with van der Waals surface area (Å²) in [6.45, 7) is 10.4. The van der Waals surface area contributed by atoms with E-state index in [0.29, 0.717) is 35.7 Å². The molecule has 4 heterocycles. The molecule has 7 rings (SSSR count). The van der Waals surface area contributed by atoms with E-state index >= 15 is 0 Å². The highest BCUT2D eigenvalue weighted by atomic mass is 16.6. The number of fused-ring (bicyclic) bond motifs is 4. The van der Waals surface area contributed by atoms with E-state index in [2.05, 4.69) is 33.6 Å². The Labute approximate surface area is 279 Å². The number of amides is 3. The first-order chi connectivity index (χ1) is 22.9. The minimum absolute atomic E-state index is 0.0643. The number of likely N-dealkylation sites (tertiary alicyclic amines) is 1. The van der Waals surface area contributed by atoms with Crippen molar-refractivity contribution in [3.63, 3.8) is 0 Å². The molecule has 1 N–H and O–H groups in total. The van der Waals surface area contributed by atoms with Gasteiger partial charge in [0.15, 0.2) is 5.82 Å². The van der Waals surface area contributed by atoms with Crippen LogP contribution >= 0.6 is 0 Å². The van der Waals surface area contributed by atoms with Crippen LogP contribution in [0.4, 0.5) is 4.79 Å². The van der Waals surface area contributed by atoms with E-state index in [0.717, 1.165) is 34.6 Å². The number of alkyl carbamates (subject to hydrolysis) is 1. The van der Waals surface area contributed by atoms with Gasteiger partial charge in [-0.3, -0.25) is 9.59 Å². The number of hydrogen-bond acceptors (Lipinski definition) is 7. The van der Waals surface area contributed by atoms with Gasteiger partial charge in [0.05, 0.1) is 36.4 Å². The van der Waals surface area contributed by atoms with Crippen LogP contribution in [0.15, 0.2) is 49.2 Å². The largest absolute Gasteiger partial charge is 0.494 e. The lowest BCUT2D eigenvalue weighted by molar-refractivity contribution is -0.127. The van der Waals surface area contributed by atoms with E-state index in [4.69, 9.17) is 14.5 Å². The molecule has 0 radical (unpaired) electrons. The predicted molar refractivity (Wildman–Crippen MR) is 182 cm³/mol. The monoisotopic (exact) mass is 653 g/mol. The molecule has 2 saturated carbocycles. The summed E-state index contributed by atoms with van der Waals surface area (Å²) in [7, 11) is 5.27. The lowest BCUT2D eigenvalue weighted by Gasteiger charge is -2.38. The maximum atomic E-state index is 14.4. The number of nitrogens with zero attached hydrogens (tertiary/aromatic N) is 6. The summed E-state index contributed by atoms with van der Waals surface area (Å²) in [6.07, 6.45) is 5.59. The quantitative estimate of drug-likeness (QED) is 0.272. The van der Waals surface area contributed by atoms with Gasteiger partial charge in [-0.05, 0) is 82.4 Å². The van der Waals surface area contributed by atoms with Gasteiger partial charge in [0.25, 0.3) is 5.91 Å². The van der Waals surface area contributed by atoms with Crippen molar-refractivity contribution in [2.24, 2.45) is 18.9 Å². The zero-order chi connectivity index (χ0) is 34.1. The lowest BCUT2D eigenvalue weighted by Crippen LogP contribution is -2.56. The van der Waals surface area contributed by atoms with Crippen molar-refractivity contribution in [1.82, 2.24) is 34.2 Å². The third kappa shape index (κ3) is 5.46. The topological polar surface area (TPSA) is 124 Å². The molecule has 3 amide bonds. The minimum Gasteiger partial charge on any atom is -0.494 e. The van der Waals surface area contributed by atoms with E-state index in [1.54, 1.807) is 50.8 Å². The summed E-state index contributed by atoms with van der Waals surface area (Å²) in [5.74, 6) is 1.40. The summed E-state index contributed by atoms with van der Waals surface area (Å²) in [5, 5.41) is 4.08. The highest BCUT2D eigenvalue weighted by Crippen LogP contribution is 2.43. The molecular weight excluding hydrogens is 610 g/mol. The molecule has 1 saturated heterocycles. The molecule has 1 aromatic carbocycles. The van der Waals surface area contributed by atoms with Gasteiger partial charge >= 0.3 is 6.09 Å². The molecule has 0 unspecified atom stereocenters. The fourth-order valence-corrected chi connectivity index (χ4v) is 7.64. The first-order valence-corrected chi connectivity index (χ1v) is 16.6. The zero-order valence-corrected chi connectivity index (χ0v) is 28.4. The normalized spacial score (nSPS) is 21.9. The molecule has 48 heavy (non-hydrogen) atoms. The van der Waals surface area contributed by atoms with Gasteiger partial charge in [-0.1, -0.05) is 6.58 Å². The van der Waals surface area contributed by atoms with Gasteiger partial charge < -0.3 is 33.7 Å². The Balaban J connectivity index is 1.26. The molecule has 2 bridgehead atoms. The van der Waals surface area contributed by atoms with Crippen molar-refractivity contribution in [3.05, 3.63) is 54.7 Å². The van der Waals surface area contributed by atoms with Crippen LogP contribution in [0.1, 0.15) is 50.4 Å². The number of methoxy groups -OCH3 is 1. The number of aryl methyl sites for hydroxylation is 1. The van der Waals surface area contributed by atoms with Crippen LogP contribution in [0.2, 0.25) is 0 Å². The number of nitrogens with one attached hydrogen (secondary N) is 1. The number of piperidine rings is 1. The lowest BCUT2D eigenvalue weighted by atomic mass is 10.0. The Morgan fingerprint density at radius 3 is 2.65 bits per heavy atom. The smallest absolute Gasteiger partial charge is 0.407 e. The molecule has 2 aliphatic carbocycles. The van der Waals surface area contributed by atoms with Crippen LogP contribution in [-0.4, -0.2) is 91.2 Å².